The van der Waals surface area contributed by atoms with Gasteiger partial charge in [0.2, 0.25) is 0 Å². The van der Waals surface area contributed by atoms with Gasteiger partial charge in [-0.1, -0.05) is 38.1 Å². The summed E-state index contributed by atoms with van der Waals surface area (Å²) >= 11 is 0. The average molecular weight is 283 g/mol. The molecule has 0 saturated carbocycles. The zero-order valence-corrected chi connectivity index (χ0v) is 12.8. The average Bonchev–Trinajstić information content (AvgIpc) is 2.54. The number of hydrogen-bond acceptors (Lipinski definition) is 2. The summed E-state index contributed by atoms with van der Waals surface area (Å²) in [6, 6.07) is 11.7. The van der Waals surface area contributed by atoms with Gasteiger partial charge in [-0.05, 0) is 43.0 Å². The molecule has 0 amide bonds. The molecular weight excluding hydrogens is 262 g/mol. The Hall–Kier alpha value is -2.16. The molecule has 3 heteroatoms. The predicted octanol–water partition coefficient (Wildman–Crippen LogP) is 3.86. The molecule has 2 rings (SSSR count). The first kappa shape index (κ1) is 15.2. The number of carbonyl (C=O) groups excluding carboxylic acids is 1. The van der Waals surface area contributed by atoms with E-state index in [1.54, 1.807) is 10.6 Å². The van der Waals surface area contributed by atoms with Crippen LogP contribution in [0.1, 0.15) is 49.2 Å². The van der Waals surface area contributed by atoms with Gasteiger partial charge in [-0.25, -0.2) is 0 Å². The Morgan fingerprint density at radius 3 is 2.29 bits per heavy atom. The van der Waals surface area contributed by atoms with Crippen molar-refractivity contribution >= 4 is 6.29 Å². The second kappa shape index (κ2) is 6.53. The lowest BCUT2D eigenvalue weighted by Crippen LogP contribution is -2.27. The zero-order chi connectivity index (χ0) is 15.4. The van der Waals surface area contributed by atoms with Crippen LogP contribution in [0.2, 0.25) is 0 Å². The molecule has 1 aromatic heterocycles. The molecule has 1 atom stereocenters. The van der Waals surface area contributed by atoms with Gasteiger partial charge in [0.15, 0.2) is 6.29 Å². The molecule has 2 aromatic rings. The fourth-order valence-electron chi connectivity index (χ4n) is 2.43. The van der Waals surface area contributed by atoms with Gasteiger partial charge in [-0.3, -0.25) is 9.59 Å². The largest absolute Gasteiger partial charge is 0.305 e. The molecule has 1 aromatic carbocycles. The number of pyridine rings is 1. The van der Waals surface area contributed by atoms with E-state index < -0.39 is 0 Å². The second-order valence-electron chi connectivity index (χ2n) is 5.27. The minimum Gasteiger partial charge on any atom is -0.305 e. The highest BCUT2D eigenvalue weighted by Crippen LogP contribution is 2.23. The van der Waals surface area contributed by atoms with Crippen molar-refractivity contribution in [2.45, 2.75) is 39.7 Å². The summed E-state index contributed by atoms with van der Waals surface area (Å²) in [5.74, 6) is 0. The molecule has 1 unspecified atom stereocenters. The van der Waals surface area contributed by atoms with Crippen LogP contribution in [0.15, 0.2) is 41.2 Å². The van der Waals surface area contributed by atoms with E-state index in [0.29, 0.717) is 6.29 Å². The smallest absolute Gasteiger partial charge is 0.261 e. The molecule has 0 aliphatic rings. The number of aromatic nitrogens is 1. The Morgan fingerprint density at radius 2 is 1.76 bits per heavy atom. The molecule has 0 bridgehead atoms. The number of aryl methyl sites for hydroxylation is 1. The third-order valence-electron chi connectivity index (χ3n) is 3.96. The van der Waals surface area contributed by atoms with Crippen molar-refractivity contribution in [3.05, 3.63) is 57.9 Å². The molecule has 0 spiro atoms. The Morgan fingerprint density at radius 1 is 1.10 bits per heavy atom. The van der Waals surface area contributed by atoms with E-state index in [2.05, 4.69) is 19.1 Å². The first-order chi connectivity index (χ1) is 10.1. The first-order valence-electron chi connectivity index (χ1n) is 7.42. The number of carbonyl (C=O) groups is 1. The maximum atomic E-state index is 12.4. The van der Waals surface area contributed by atoms with Crippen molar-refractivity contribution in [2.24, 2.45) is 0 Å². The predicted molar refractivity (Wildman–Crippen MR) is 85.9 cm³/mol. The normalized spacial score (nSPS) is 12.1. The molecule has 110 valence electrons. The fraction of sp³-hybridized carbons (Fsp3) is 0.333. The summed E-state index contributed by atoms with van der Waals surface area (Å²) in [5.41, 5.74) is 3.13. The lowest BCUT2D eigenvalue weighted by atomic mass is 10.0. The molecule has 21 heavy (non-hydrogen) atoms. The SMILES string of the molecule is CCc1ccc(-c2ccc(C=O)c(=O)n2C(C)CC)cc1. The van der Waals surface area contributed by atoms with Gasteiger partial charge in [-0.2, -0.15) is 0 Å². The van der Waals surface area contributed by atoms with E-state index in [0.717, 1.165) is 24.1 Å². The third kappa shape index (κ3) is 2.97. The van der Waals surface area contributed by atoms with Crippen LogP contribution < -0.4 is 5.56 Å². The molecule has 0 aliphatic carbocycles. The molecule has 0 fully saturated rings. The van der Waals surface area contributed by atoms with Gasteiger partial charge in [-0.15, -0.1) is 0 Å². The van der Waals surface area contributed by atoms with Crippen molar-refractivity contribution in [3.63, 3.8) is 0 Å². The Kier molecular flexibility index (Phi) is 4.73. The van der Waals surface area contributed by atoms with Gasteiger partial charge in [0.1, 0.15) is 0 Å². The van der Waals surface area contributed by atoms with Crippen LogP contribution in [0.5, 0.6) is 0 Å². The minimum atomic E-state index is -0.212. The van der Waals surface area contributed by atoms with Gasteiger partial charge in [0, 0.05) is 6.04 Å². The zero-order valence-electron chi connectivity index (χ0n) is 12.8. The van der Waals surface area contributed by atoms with E-state index in [1.807, 2.05) is 32.0 Å². The fourth-order valence-corrected chi connectivity index (χ4v) is 2.43. The van der Waals surface area contributed by atoms with E-state index in [1.165, 1.54) is 5.56 Å². The van der Waals surface area contributed by atoms with Crippen LogP contribution in [-0.2, 0) is 6.42 Å². The topological polar surface area (TPSA) is 39.1 Å². The molecule has 0 saturated heterocycles. The Bertz CT molecular complexity index is 683. The number of benzene rings is 1. The van der Waals surface area contributed by atoms with Gasteiger partial charge in [0.25, 0.3) is 5.56 Å². The quantitative estimate of drug-likeness (QED) is 0.782. The third-order valence-corrected chi connectivity index (χ3v) is 3.96. The number of hydrogen-bond donors (Lipinski definition) is 0. The van der Waals surface area contributed by atoms with Crippen LogP contribution in [-0.4, -0.2) is 10.9 Å². The van der Waals surface area contributed by atoms with Crippen molar-refractivity contribution < 1.29 is 4.79 Å². The molecule has 0 aliphatic heterocycles. The van der Waals surface area contributed by atoms with E-state index in [-0.39, 0.29) is 17.2 Å². The molecule has 1 heterocycles. The van der Waals surface area contributed by atoms with Crippen LogP contribution in [0, 0.1) is 0 Å². The minimum absolute atomic E-state index is 0.0539. The summed E-state index contributed by atoms with van der Waals surface area (Å²) in [6.45, 7) is 6.15. The molecule has 0 N–H and O–H groups in total. The van der Waals surface area contributed by atoms with Crippen molar-refractivity contribution in [1.29, 1.82) is 0 Å². The maximum absolute atomic E-state index is 12.4. The van der Waals surface area contributed by atoms with Crippen molar-refractivity contribution in [2.75, 3.05) is 0 Å². The summed E-state index contributed by atoms with van der Waals surface area (Å²) in [4.78, 5) is 23.5. The Balaban J connectivity index is 2.64. The maximum Gasteiger partial charge on any atom is 0.261 e. The van der Waals surface area contributed by atoms with E-state index in [9.17, 15) is 9.59 Å². The first-order valence-corrected chi connectivity index (χ1v) is 7.42. The van der Waals surface area contributed by atoms with Crippen LogP contribution in [0.4, 0.5) is 0 Å². The monoisotopic (exact) mass is 283 g/mol. The lowest BCUT2D eigenvalue weighted by Gasteiger charge is -2.19. The van der Waals surface area contributed by atoms with Crippen LogP contribution in [0.25, 0.3) is 11.3 Å². The second-order valence-corrected chi connectivity index (χ2v) is 5.27. The molecule has 3 nitrogen and oxygen atoms in total. The molecular formula is C18H21NO2. The van der Waals surface area contributed by atoms with Crippen LogP contribution in [0.3, 0.4) is 0 Å². The summed E-state index contributed by atoms with van der Waals surface area (Å²) in [5, 5.41) is 0. The van der Waals surface area contributed by atoms with Crippen molar-refractivity contribution in [1.82, 2.24) is 4.57 Å². The van der Waals surface area contributed by atoms with E-state index in [4.69, 9.17) is 0 Å². The van der Waals surface area contributed by atoms with Gasteiger partial charge in [0.05, 0.1) is 11.3 Å². The highest BCUT2D eigenvalue weighted by Gasteiger charge is 2.14. The summed E-state index contributed by atoms with van der Waals surface area (Å²) < 4.78 is 1.73. The van der Waals surface area contributed by atoms with Crippen LogP contribution >= 0.6 is 0 Å². The van der Waals surface area contributed by atoms with Gasteiger partial charge < -0.3 is 4.57 Å². The standard InChI is InChI=1S/C18H21NO2/c1-4-13(3)19-17(11-10-16(12-20)18(19)21)15-8-6-14(5-2)7-9-15/h6-13H,4-5H2,1-3H3. The van der Waals surface area contributed by atoms with Crippen molar-refractivity contribution in [3.8, 4) is 11.3 Å². The van der Waals surface area contributed by atoms with E-state index >= 15 is 0 Å². The van der Waals surface area contributed by atoms with Gasteiger partial charge >= 0.3 is 0 Å². The summed E-state index contributed by atoms with van der Waals surface area (Å²) in [7, 11) is 0. The summed E-state index contributed by atoms with van der Waals surface area (Å²) in [6.07, 6.45) is 2.45. The Labute approximate surface area is 125 Å². The number of rotatable bonds is 5. The number of nitrogens with zero attached hydrogens (tertiary/aromatic N) is 1. The number of aldehydes is 1. The molecule has 0 radical (unpaired) electrons. The lowest BCUT2D eigenvalue weighted by molar-refractivity contribution is 0.112. The highest BCUT2D eigenvalue weighted by atomic mass is 16.1. The highest BCUT2D eigenvalue weighted by molar-refractivity contribution is 5.75.